The predicted octanol–water partition coefficient (Wildman–Crippen LogP) is 5.75. The summed E-state index contributed by atoms with van der Waals surface area (Å²) in [4.78, 5) is 42.6. The number of rotatable bonds is 9. The van der Waals surface area contributed by atoms with Gasteiger partial charge in [0.05, 0.1) is 11.0 Å². The summed E-state index contributed by atoms with van der Waals surface area (Å²) >= 11 is 3.31. The van der Waals surface area contributed by atoms with Crippen molar-refractivity contribution in [1.82, 2.24) is 5.32 Å². The molecule has 1 aliphatic rings. The van der Waals surface area contributed by atoms with Crippen LogP contribution in [0.2, 0.25) is 0 Å². The van der Waals surface area contributed by atoms with Crippen LogP contribution in [0, 0.1) is 13.8 Å². The Balaban J connectivity index is 1.69. The van der Waals surface area contributed by atoms with E-state index in [1.54, 1.807) is 40.6 Å². The fraction of sp³-hybridized carbons (Fsp3) is 0.276. The number of amides is 4. The number of carbonyl (C=O) groups is 3. The van der Waals surface area contributed by atoms with Crippen molar-refractivity contribution >= 4 is 58.4 Å². The molecular weight excluding hydrogens is 516 g/mol. The summed E-state index contributed by atoms with van der Waals surface area (Å²) in [6.07, 6.45) is 3.75. The lowest BCUT2D eigenvalue weighted by Crippen LogP contribution is -2.56. The molecule has 1 heterocycles. The van der Waals surface area contributed by atoms with E-state index < -0.39 is 11.6 Å². The zero-order chi connectivity index (χ0) is 27.3. The molecule has 0 bridgehead atoms. The Morgan fingerprint density at radius 1 is 0.842 bits per heavy atom. The van der Waals surface area contributed by atoms with Crippen LogP contribution in [0.4, 0.5) is 21.9 Å². The number of carbonyl (C=O) groups excluding carboxylic acids is 3. The number of hydrogen-bond donors (Lipinski definition) is 3. The summed E-state index contributed by atoms with van der Waals surface area (Å²) in [7, 11) is 0. The van der Waals surface area contributed by atoms with Crippen LogP contribution in [0.25, 0.3) is 0 Å². The molecule has 198 valence electrons. The standard InChI is InChI=1S/C29H32N4O3S2/c1-19-9-13-21(14-10-19)30-25(34)17-29(32-28(36)31-22-15-11-20(2)12-16-22)23-7-5-6-8-24(23)33(27(29)35)18-26(37-3)38-4/h5-16,26H,17-18H2,1-4H3,(H,30,34)(H2,31,32,36)/t29-/m0/s1. The summed E-state index contributed by atoms with van der Waals surface area (Å²) in [5, 5.41) is 8.62. The van der Waals surface area contributed by atoms with E-state index >= 15 is 0 Å². The zero-order valence-electron chi connectivity index (χ0n) is 21.9. The topological polar surface area (TPSA) is 90.5 Å². The third-order valence-electron chi connectivity index (χ3n) is 6.52. The number of benzene rings is 3. The maximum atomic E-state index is 14.2. The van der Waals surface area contributed by atoms with Crippen LogP contribution in [-0.4, -0.2) is 41.5 Å². The van der Waals surface area contributed by atoms with Crippen LogP contribution in [0.3, 0.4) is 0 Å². The molecule has 1 aliphatic heterocycles. The van der Waals surface area contributed by atoms with Crippen LogP contribution in [0.15, 0.2) is 72.8 Å². The molecule has 7 nitrogen and oxygen atoms in total. The summed E-state index contributed by atoms with van der Waals surface area (Å²) in [5.41, 5.74) is 3.08. The van der Waals surface area contributed by atoms with Gasteiger partial charge in [-0.25, -0.2) is 4.79 Å². The minimum atomic E-state index is -1.57. The lowest BCUT2D eigenvalue weighted by molar-refractivity contribution is -0.128. The first-order valence-electron chi connectivity index (χ1n) is 12.2. The molecule has 38 heavy (non-hydrogen) atoms. The summed E-state index contributed by atoms with van der Waals surface area (Å²) < 4.78 is 0.130. The largest absolute Gasteiger partial charge is 0.326 e. The predicted molar refractivity (Wildman–Crippen MR) is 159 cm³/mol. The van der Waals surface area contributed by atoms with Crippen LogP contribution < -0.4 is 20.9 Å². The quantitative estimate of drug-likeness (QED) is 0.296. The van der Waals surface area contributed by atoms with Gasteiger partial charge in [-0.15, -0.1) is 23.5 Å². The first kappa shape index (κ1) is 27.6. The van der Waals surface area contributed by atoms with Gasteiger partial charge in [0.2, 0.25) is 5.91 Å². The number of thioether (sulfide) groups is 2. The van der Waals surface area contributed by atoms with E-state index in [1.807, 2.05) is 87.0 Å². The number of aryl methyl sites for hydroxylation is 2. The highest BCUT2D eigenvalue weighted by molar-refractivity contribution is 8.16. The molecule has 0 saturated heterocycles. The SMILES string of the molecule is CSC(CN1C(=O)[C@@](CC(=O)Nc2ccc(C)cc2)(NC(=O)Nc2ccc(C)cc2)c2ccccc21)SC. The molecule has 4 amide bonds. The fourth-order valence-corrected chi connectivity index (χ4v) is 5.88. The first-order chi connectivity index (χ1) is 18.3. The highest BCUT2D eigenvalue weighted by Gasteiger charge is 2.53. The maximum absolute atomic E-state index is 14.2. The van der Waals surface area contributed by atoms with Crippen molar-refractivity contribution in [2.75, 3.05) is 34.6 Å². The molecule has 0 aliphatic carbocycles. The molecule has 0 aromatic heterocycles. The van der Waals surface area contributed by atoms with E-state index in [0.717, 1.165) is 11.1 Å². The van der Waals surface area contributed by atoms with Gasteiger partial charge < -0.3 is 20.9 Å². The van der Waals surface area contributed by atoms with E-state index in [4.69, 9.17) is 0 Å². The van der Waals surface area contributed by atoms with Crippen molar-refractivity contribution < 1.29 is 14.4 Å². The minimum Gasteiger partial charge on any atom is -0.326 e. The molecule has 9 heteroatoms. The average molecular weight is 549 g/mol. The van der Waals surface area contributed by atoms with Crippen molar-refractivity contribution in [3.05, 3.63) is 89.5 Å². The maximum Gasteiger partial charge on any atom is 0.320 e. The fourth-order valence-electron chi connectivity index (χ4n) is 4.51. The summed E-state index contributed by atoms with van der Waals surface area (Å²) in [5.74, 6) is -0.703. The lowest BCUT2D eigenvalue weighted by Gasteiger charge is -2.30. The molecule has 0 unspecified atom stereocenters. The molecule has 3 aromatic carbocycles. The van der Waals surface area contributed by atoms with Crippen molar-refractivity contribution in [1.29, 1.82) is 0 Å². The second kappa shape index (κ2) is 12.0. The van der Waals surface area contributed by atoms with E-state index in [0.29, 0.717) is 29.2 Å². The summed E-state index contributed by atoms with van der Waals surface area (Å²) in [6, 6.07) is 21.6. The average Bonchev–Trinajstić information content (AvgIpc) is 3.12. The van der Waals surface area contributed by atoms with Crippen LogP contribution in [0.1, 0.15) is 23.1 Å². The zero-order valence-corrected chi connectivity index (χ0v) is 23.5. The summed E-state index contributed by atoms with van der Waals surface area (Å²) in [6.45, 7) is 4.38. The number of urea groups is 1. The molecule has 0 spiro atoms. The molecule has 3 aromatic rings. The highest BCUT2D eigenvalue weighted by Crippen LogP contribution is 2.43. The van der Waals surface area contributed by atoms with E-state index in [2.05, 4.69) is 16.0 Å². The van der Waals surface area contributed by atoms with Crippen LogP contribution in [-0.2, 0) is 15.1 Å². The Morgan fingerprint density at radius 2 is 1.39 bits per heavy atom. The van der Waals surface area contributed by atoms with Gasteiger partial charge >= 0.3 is 6.03 Å². The van der Waals surface area contributed by atoms with Crippen LogP contribution >= 0.6 is 23.5 Å². The second-order valence-corrected chi connectivity index (χ2v) is 11.7. The van der Waals surface area contributed by atoms with Gasteiger partial charge in [0, 0.05) is 29.2 Å². The number of hydrogen-bond acceptors (Lipinski definition) is 5. The van der Waals surface area contributed by atoms with Crippen molar-refractivity contribution in [2.24, 2.45) is 0 Å². The van der Waals surface area contributed by atoms with E-state index in [9.17, 15) is 14.4 Å². The van der Waals surface area contributed by atoms with Gasteiger partial charge in [0.15, 0.2) is 5.54 Å². The van der Waals surface area contributed by atoms with Gasteiger partial charge in [-0.3, -0.25) is 9.59 Å². The van der Waals surface area contributed by atoms with Crippen molar-refractivity contribution in [2.45, 2.75) is 30.4 Å². The molecule has 0 radical (unpaired) electrons. The minimum absolute atomic E-state index is 0.130. The molecule has 1 atom stereocenters. The molecular formula is C29H32N4O3S2. The van der Waals surface area contributed by atoms with Gasteiger partial charge in [0.25, 0.3) is 5.91 Å². The molecule has 0 fully saturated rings. The number of para-hydroxylation sites is 1. The van der Waals surface area contributed by atoms with Crippen LogP contribution in [0.5, 0.6) is 0 Å². The number of nitrogens with zero attached hydrogens (tertiary/aromatic N) is 1. The third kappa shape index (κ3) is 6.00. The smallest absolute Gasteiger partial charge is 0.320 e. The monoisotopic (exact) mass is 548 g/mol. The Kier molecular flexibility index (Phi) is 8.69. The van der Waals surface area contributed by atoms with Crippen molar-refractivity contribution in [3.8, 4) is 0 Å². The normalized spacial score (nSPS) is 16.3. The van der Waals surface area contributed by atoms with Gasteiger partial charge in [-0.05, 0) is 56.7 Å². The highest BCUT2D eigenvalue weighted by atomic mass is 32.2. The Morgan fingerprint density at radius 3 is 1.97 bits per heavy atom. The van der Waals surface area contributed by atoms with E-state index in [-0.39, 0.29) is 22.8 Å². The molecule has 3 N–H and O–H groups in total. The third-order valence-corrected chi connectivity index (χ3v) is 9.02. The lowest BCUT2D eigenvalue weighted by atomic mass is 9.87. The second-order valence-electron chi connectivity index (χ2n) is 9.28. The van der Waals surface area contributed by atoms with E-state index in [1.165, 1.54) is 0 Å². The molecule has 0 saturated carbocycles. The Bertz CT molecular complexity index is 1250. The number of nitrogens with one attached hydrogen (secondary N) is 3. The number of anilines is 3. The Hall–Kier alpha value is -3.43. The van der Waals surface area contributed by atoms with Gasteiger partial charge in [0.1, 0.15) is 0 Å². The number of fused-ring (bicyclic) bond motifs is 1. The first-order valence-corrected chi connectivity index (χ1v) is 14.8. The molecule has 4 rings (SSSR count). The van der Waals surface area contributed by atoms with Gasteiger partial charge in [-0.1, -0.05) is 53.6 Å². The van der Waals surface area contributed by atoms with Crippen molar-refractivity contribution in [3.63, 3.8) is 0 Å². The Labute approximate surface area is 232 Å². The van der Waals surface area contributed by atoms with Gasteiger partial charge in [-0.2, -0.15) is 0 Å².